The molecule has 2 aromatic carbocycles. The Labute approximate surface area is 133 Å². The molecule has 0 spiro atoms. The standard InChI is InChI=1S/C13H9.C5H5.2CH3.CH2.Zr/c1-3-7-12-10(5-1)9-11-6-2-4-8-13(11)12;1-2-4-5-3-1;;;;/h1-9H;1-3H,4H2;2*1H3;1H2;. The summed E-state index contributed by atoms with van der Waals surface area (Å²) in [5.41, 5.74) is 5.84. The van der Waals surface area contributed by atoms with E-state index >= 15 is 0 Å². The molecule has 0 saturated heterocycles. The van der Waals surface area contributed by atoms with Gasteiger partial charge in [0.15, 0.2) is 0 Å². The number of hydrogen-bond acceptors (Lipinski definition) is 0. The van der Waals surface area contributed by atoms with Crippen LogP contribution in [0.4, 0.5) is 0 Å². The zero-order chi connectivity index (χ0) is 15.4. The molecule has 2 aliphatic carbocycles. The predicted molar refractivity (Wildman–Crippen MR) is 94.4 cm³/mol. The van der Waals surface area contributed by atoms with Gasteiger partial charge in [-0.25, -0.2) is 0 Å². The topological polar surface area (TPSA) is 0 Å². The molecule has 22 heavy (non-hydrogen) atoms. The van der Waals surface area contributed by atoms with Gasteiger partial charge in [0.25, 0.3) is 0 Å². The van der Waals surface area contributed by atoms with Crippen molar-refractivity contribution in [1.29, 1.82) is 0 Å². The van der Waals surface area contributed by atoms with Gasteiger partial charge in [-0.1, -0.05) is 0 Å². The fraction of sp³-hybridized carbons (Fsp3) is 0.190. The van der Waals surface area contributed by atoms with Crippen molar-refractivity contribution in [2.45, 2.75) is 19.3 Å². The van der Waals surface area contributed by atoms with E-state index in [9.17, 15) is 0 Å². The molecule has 2 aliphatic rings. The van der Waals surface area contributed by atoms with Gasteiger partial charge < -0.3 is 0 Å². The Morgan fingerprint density at radius 1 is 0.909 bits per heavy atom. The number of allylic oxidation sites excluding steroid dienone is 4. The molecule has 0 nitrogen and oxygen atoms in total. The van der Waals surface area contributed by atoms with Gasteiger partial charge >= 0.3 is 134 Å². The van der Waals surface area contributed by atoms with E-state index < -0.39 is 18.3 Å². The minimum atomic E-state index is -3.32. The summed E-state index contributed by atoms with van der Waals surface area (Å²) in [7, 11) is 0. The molecule has 4 rings (SSSR count). The van der Waals surface area contributed by atoms with E-state index in [1.54, 1.807) is 3.28 Å². The SMILES string of the molecule is [CH2]=[Zr]([CH3])([CH3])([C]1=CC=CC1)[CH]1c2ccccc2-c2ccccc21. The number of fused-ring (bicyclic) bond motifs is 3. The van der Waals surface area contributed by atoms with Crippen LogP contribution >= 0.6 is 0 Å². The first-order chi connectivity index (χ1) is 10.5. The summed E-state index contributed by atoms with van der Waals surface area (Å²) in [6.45, 7) is 0. The summed E-state index contributed by atoms with van der Waals surface area (Å²) in [4.78, 5) is 0. The van der Waals surface area contributed by atoms with Crippen molar-refractivity contribution in [3.8, 4) is 11.1 Å². The van der Waals surface area contributed by atoms with Gasteiger partial charge in [0.1, 0.15) is 0 Å². The first kappa shape index (κ1) is 14.3. The zero-order valence-corrected chi connectivity index (χ0v) is 15.8. The fourth-order valence-electron chi connectivity index (χ4n) is 4.39. The van der Waals surface area contributed by atoms with Crippen LogP contribution in [0.5, 0.6) is 0 Å². The van der Waals surface area contributed by atoms with Gasteiger partial charge in [0.05, 0.1) is 0 Å². The molecule has 110 valence electrons. The van der Waals surface area contributed by atoms with Crippen LogP contribution < -0.4 is 0 Å². The normalized spacial score (nSPS) is 17.3. The Hall–Kier alpha value is -1.33. The molecule has 0 amide bonds. The van der Waals surface area contributed by atoms with Gasteiger partial charge in [0, 0.05) is 0 Å². The van der Waals surface area contributed by atoms with Crippen LogP contribution in [0.1, 0.15) is 21.2 Å². The molecule has 0 fully saturated rings. The van der Waals surface area contributed by atoms with Gasteiger partial charge in [-0.2, -0.15) is 0 Å². The van der Waals surface area contributed by atoms with E-state index in [0.717, 1.165) is 6.42 Å². The maximum atomic E-state index is 4.97. The third-order valence-electron chi connectivity index (χ3n) is 5.59. The first-order valence-electron chi connectivity index (χ1n) is 8.09. The molecule has 0 unspecified atom stereocenters. The summed E-state index contributed by atoms with van der Waals surface area (Å²) >= 11 is -3.32. The summed E-state index contributed by atoms with van der Waals surface area (Å²) < 4.78 is 12.1. The van der Waals surface area contributed by atoms with Crippen molar-refractivity contribution in [2.75, 3.05) is 0 Å². The maximum absolute atomic E-state index is 4.97. The summed E-state index contributed by atoms with van der Waals surface area (Å²) in [5, 5.41) is 0. The van der Waals surface area contributed by atoms with E-state index in [0.29, 0.717) is 3.63 Å². The monoisotopic (exact) mass is 364 g/mol. The van der Waals surface area contributed by atoms with Crippen LogP contribution in [0, 0.1) is 0 Å². The molecule has 0 aromatic heterocycles. The Kier molecular flexibility index (Phi) is 2.98. The van der Waals surface area contributed by atoms with Gasteiger partial charge in [-0.3, -0.25) is 0 Å². The second-order valence-electron chi connectivity index (χ2n) is 7.74. The molecular weight excluding hydrogens is 343 g/mol. The number of hydrogen-bond donors (Lipinski definition) is 0. The Morgan fingerprint density at radius 3 is 1.95 bits per heavy atom. The molecule has 0 N–H and O–H groups in total. The van der Waals surface area contributed by atoms with Crippen molar-refractivity contribution < 1.29 is 18.3 Å². The van der Waals surface area contributed by atoms with Crippen LogP contribution in [-0.4, -0.2) is 4.21 Å². The zero-order valence-electron chi connectivity index (χ0n) is 13.3. The Balaban J connectivity index is 2.02. The van der Waals surface area contributed by atoms with Crippen LogP contribution in [0.2, 0.25) is 9.26 Å². The van der Waals surface area contributed by atoms with Crippen molar-refractivity contribution >= 4 is 4.21 Å². The molecule has 0 atom stereocenters. The minimum absolute atomic E-state index is 0.500. The average Bonchev–Trinajstić information content (AvgIpc) is 3.14. The van der Waals surface area contributed by atoms with Crippen molar-refractivity contribution in [3.63, 3.8) is 0 Å². The van der Waals surface area contributed by atoms with Gasteiger partial charge in [-0.05, 0) is 0 Å². The molecule has 2 aromatic rings. The van der Waals surface area contributed by atoms with E-state index in [-0.39, 0.29) is 0 Å². The van der Waals surface area contributed by atoms with Crippen LogP contribution in [0.25, 0.3) is 11.1 Å². The molecule has 0 heterocycles. The second-order valence-corrected chi connectivity index (χ2v) is 24.6. The third-order valence-corrected chi connectivity index (χ3v) is 17.8. The summed E-state index contributed by atoms with van der Waals surface area (Å²) in [6.07, 6.45) is 7.95. The molecule has 0 saturated carbocycles. The van der Waals surface area contributed by atoms with Crippen molar-refractivity contribution in [1.82, 2.24) is 0 Å². The molecule has 1 heteroatoms. The van der Waals surface area contributed by atoms with Gasteiger partial charge in [-0.15, -0.1) is 0 Å². The Morgan fingerprint density at radius 2 is 1.45 bits per heavy atom. The predicted octanol–water partition coefficient (Wildman–Crippen LogP) is 5.82. The number of rotatable bonds is 2. The molecule has 0 bridgehead atoms. The quantitative estimate of drug-likeness (QED) is 0.629. The van der Waals surface area contributed by atoms with Crippen molar-refractivity contribution in [2.24, 2.45) is 0 Å². The number of benzene rings is 2. The molecular formula is C21H22Zr. The molecule has 0 aliphatic heterocycles. The van der Waals surface area contributed by atoms with Crippen LogP contribution in [0.3, 0.4) is 0 Å². The van der Waals surface area contributed by atoms with E-state index in [4.69, 9.17) is 4.21 Å². The second kappa shape index (κ2) is 4.59. The average molecular weight is 366 g/mol. The third kappa shape index (κ3) is 1.88. The summed E-state index contributed by atoms with van der Waals surface area (Å²) in [5.74, 6) is 0. The van der Waals surface area contributed by atoms with E-state index in [1.807, 2.05) is 0 Å². The van der Waals surface area contributed by atoms with E-state index in [1.165, 1.54) is 22.3 Å². The van der Waals surface area contributed by atoms with Crippen LogP contribution in [0.15, 0.2) is 70.0 Å². The van der Waals surface area contributed by atoms with Gasteiger partial charge in [0.2, 0.25) is 0 Å². The van der Waals surface area contributed by atoms with Crippen molar-refractivity contribution in [3.05, 3.63) is 81.2 Å². The molecule has 0 radical (unpaired) electrons. The summed E-state index contributed by atoms with van der Waals surface area (Å²) in [6, 6.07) is 17.9. The fourth-order valence-corrected chi connectivity index (χ4v) is 15.0. The Bertz CT molecular complexity index is 844. The first-order valence-corrected chi connectivity index (χ1v) is 17.4. The van der Waals surface area contributed by atoms with E-state index in [2.05, 4.69) is 76.0 Å². The van der Waals surface area contributed by atoms with Crippen LogP contribution in [-0.2, 0) is 18.3 Å².